The highest BCUT2D eigenvalue weighted by molar-refractivity contribution is 7.79. The lowest BCUT2D eigenvalue weighted by atomic mass is 9.44. The number of ketones is 1. The number of rotatable bonds is 15. The third-order valence-corrected chi connectivity index (χ3v) is 28.2. The fourth-order valence-corrected chi connectivity index (χ4v) is 23.1. The van der Waals surface area contributed by atoms with E-state index in [0.717, 1.165) is 40.3 Å². The number of hydrogen-bond acceptors (Lipinski definition) is 28. The Morgan fingerprint density at radius 2 is 1.44 bits per heavy atom. The zero-order valence-corrected chi connectivity index (χ0v) is 72.1. The van der Waals surface area contributed by atoms with Crippen molar-refractivity contribution in [3.05, 3.63) is 154 Å². The molecule has 4 bridgehead atoms. The molecule has 1 spiro atoms. The molecule has 122 heavy (non-hydrogen) atoms. The molecule has 10 N–H and O–H groups in total. The van der Waals surface area contributed by atoms with Crippen molar-refractivity contribution < 1.29 is 129 Å². The molecule has 10 aliphatic rings. The second-order valence-corrected chi connectivity index (χ2v) is 37.1. The first-order chi connectivity index (χ1) is 57.2. The number of benzene rings is 4. The van der Waals surface area contributed by atoms with E-state index < -0.39 is 180 Å². The molecule has 5 aromatic rings. The SMILES string of the molecule is CC(=O)O[C@@]12CO[C@@H]1C[C@H](O)[C@@]1(C)C(=O)[C@H](O)C3=C(C)[C@@H](OC(=O)C(O)[C@@H](NC(=O)OC(C)(C)C)c4ccccc4)C[C@@](O)([C@@H](OC(=O)c4ccccc4)[C@H]21)C3(C)C.CC[C@]1(O)C[C@@H]2C[N@@](CCc3c([nH]c4ccccc34)[C@@](C(=O)OC)(c3cc4c(cc3OC)N(C)[C@H]3[C@@](O)(C(=O)OC)[C@H](OC(C)=O)[C@]5(CC)C=CCN6CC[C@]43[C@@H]65)C2)C1.O=S(=O)(O)O. The van der Waals surface area contributed by atoms with Crippen molar-refractivity contribution >= 4 is 74.7 Å². The van der Waals surface area contributed by atoms with E-state index in [4.69, 9.17) is 60.2 Å². The molecule has 33 heteroatoms. The topological polar surface area (TPSA) is 453 Å². The summed E-state index contributed by atoms with van der Waals surface area (Å²) in [5.41, 5.74) is -9.76. The summed E-state index contributed by atoms with van der Waals surface area (Å²) < 4.78 is 85.0. The summed E-state index contributed by atoms with van der Waals surface area (Å²) in [6.45, 7) is 20.4. The van der Waals surface area contributed by atoms with E-state index in [9.17, 15) is 64.2 Å². The number of para-hydroxylation sites is 1. The number of amides is 1. The van der Waals surface area contributed by atoms with E-state index in [2.05, 4.69) is 44.4 Å². The number of esters is 6. The molecular weight excluding hydrogens is 1600 g/mol. The second kappa shape index (κ2) is 32.7. The molecule has 1 unspecified atom stereocenters. The number of likely N-dealkylation sites (N-methyl/N-ethyl adjacent to an activating group) is 1. The maximum Gasteiger partial charge on any atom is 0.408 e. The summed E-state index contributed by atoms with van der Waals surface area (Å²) >= 11 is 0. The number of carbonyl (C=O) groups is 8. The van der Waals surface area contributed by atoms with Crippen LogP contribution in [0, 0.1) is 28.1 Å². The van der Waals surface area contributed by atoms with E-state index in [1.807, 2.05) is 50.1 Å². The fourth-order valence-electron chi connectivity index (χ4n) is 23.1. The van der Waals surface area contributed by atoms with Crippen molar-refractivity contribution in [3.8, 4) is 5.75 Å². The van der Waals surface area contributed by atoms with Crippen molar-refractivity contribution in [2.75, 3.05) is 72.6 Å². The lowest BCUT2D eigenvalue weighted by Gasteiger charge is -2.67. The Bertz CT molecular complexity index is 5100. The maximum atomic E-state index is 15.3. The Morgan fingerprint density at radius 1 is 0.795 bits per heavy atom. The summed E-state index contributed by atoms with van der Waals surface area (Å²) in [6.07, 6.45) is -5.54. The molecule has 0 radical (unpaired) electrons. The molecule has 1 aromatic heterocycles. The number of methoxy groups -OCH3 is 3. The highest BCUT2D eigenvalue weighted by atomic mass is 32.3. The summed E-state index contributed by atoms with van der Waals surface area (Å²) in [5, 5.41) is 77.9. The lowest BCUT2D eigenvalue weighted by molar-refractivity contribution is -0.346. The maximum absolute atomic E-state index is 15.3. The van der Waals surface area contributed by atoms with E-state index in [1.165, 1.54) is 47.1 Å². The van der Waals surface area contributed by atoms with Crippen LogP contribution in [0.15, 0.2) is 120 Å². The highest BCUT2D eigenvalue weighted by Crippen LogP contribution is 2.70. The average molecular weight is 1720 g/mol. The van der Waals surface area contributed by atoms with Crippen LogP contribution in [0.5, 0.6) is 5.75 Å². The number of aromatic nitrogens is 1. The van der Waals surface area contributed by atoms with Crippen molar-refractivity contribution in [3.63, 3.8) is 0 Å². The van der Waals surface area contributed by atoms with Crippen LogP contribution in [-0.4, -0.2) is 261 Å². The van der Waals surface area contributed by atoms with Gasteiger partial charge in [0.25, 0.3) is 0 Å². The van der Waals surface area contributed by atoms with Crippen LogP contribution >= 0.6 is 0 Å². The molecule has 32 nitrogen and oxygen atoms in total. The number of carbonyl (C=O) groups excluding carboxylic acids is 8. The van der Waals surface area contributed by atoms with Gasteiger partial charge >= 0.3 is 52.3 Å². The molecule has 1 amide bonds. The predicted octanol–water partition coefficient (Wildman–Crippen LogP) is 6.60. The van der Waals surface area contributed by atoms with Gasteiger partial charge in [-0.3, -0.25) is 38.1 Å². The van der Waals surface area contributed by atoms with Gasteiger partial charge in [-0.25, -0.2) is 19.2 Å². The van der Waals surface area contributed by atoms with Gasteiger partial charge in [-0.2, -0.15) is 8.42 Å². The normalized spacial score (nSPS) is 34.4. The quantitative estimate of drug-likeness (QED) is 0.0228. The third-order valence-electron chi connectivity index (χ3n) is 28.2. The zero-order chi connectivity index (χ0) is 89.1. The third kappa shape index (κ3) is 14.8. The number of H-pyrrole nitrogens is 1. The molecule has 7 heterocycles. The van der Waals surface area contributed by atoms with Crippen LogP contribution in [-0.2, 0) is 94.3 Å². The largest absolute Gasteiger partial charge is 0.496 e. The molecule has 21 atom stereocenters. The Kier molecular flexibility index (Phi) is 24.3. The summed E-state index contributed by atoms with van der Waals surface area (Å²) in [5.74, 6) is -6.93. The molecule has 662 valence electrons. The monoisotopic (exact) mass is 1720 g/mol. The summed E-state index contributed by atoms with van der Waals surface area (Å²) in [4.78, 5) is 122. The van der Waals surface area contributed by atoms with Crippen LogP contribution < -0.4 is 15.0 Å². The van der Waals surface area contributed by atoms with Crippen molar-refractivity contribution in [1.29, 1.82) is 0 Å². The molecule has 3 saturated heterocycles. The number of piperidine rings is 1. The van der Waals surface area contributed by atoms with E-state index in [0.29, 0.717) is 88.1 Å². The number of Topliss-reactive ketones (excluding diaryl/α,β-unsaturated/α-hetero) is 1. The fraction of sp³-hybridized carbons (Fsp3) is 0.573. The Balaban J connectivity index is 0.000000199. The number of anilines is 1. The van der Waals surface area contributed by atoms with E-state index in [-0.39, 0.29) is 41.7 Å². The number of aliphatic hydroxyl groups excluding tert-OH is 3. The molecule has 3 saturated carbocycles. The van der Waals surface area contributed by atoms with Crippen LogP contribution in [0.3, 0.4) is 0 Å². The van der Waals surface area contributed by atoms with Crippen LogP contribution in [0.1, 0.15) is 165 Å². The minimum atomic E-state index is -4.67. The minimum absolute atomic E-state index is 0.0637. The number of nitrogens with one attached hydrogen (secondary N) is 2. The lowest BCUT2D eigenvalue weighted by Crippen LogP contribution is -2.81. The van der Waals surface area contributed by atoms with Gasteiger partial charge in [0.05, 0.1) is 68.6 Å². The Labute approximate surface area is 708 Å². The highest BCUT2D eigenvalue weighted by Gasteiger charge is 2.82. The van der Waals surface area contributed by atoms with Gasteiger partial charge < -0.3 is 88.5 Å². The van der Waals surface area contributed by atoms with E-state index in [1.54, 1.807) is 90.3 Å². The first-order valence-corrected chi connectivity index (χ1v) is 42.6. The molecule has 4 aliphatic carbocycles. The van der Waals surface area contributed by atoms with Gasteiger partial charge in [0, 0.05) is 116 Å². The van der Waals surface area contributed by atoms with Gasteiger partial charge in [0.15, 0.2) is 23.6 Å². The first kappa shape index (κ1) is 90.5. The van der Waals surface area contributed by atoms with E-state index >= 15 is 4.79 Å². The predicted molar refractivity (Wildman–Crippen MR) is 438 cm³/mol. The molecule has 6 fully saturated rings. The van der Waals surface area contributed by atoms with Crippen LogP contribution in [0.2, 0.25) is 0 Å². The Morgan fingerprint density at radius 3 is 2.04 bits per heavy atom. The average Bonchev–Trinajstić information content (AvgIpc) is 1.47. The van der Waals surface area contributed by atoms with Crippen molar-refractivity contribution in [2.45, 2.75) is 227 Å². The number of nitrogens with zero attached hydrogens (tertiary/aromatic N) is 3. The molecule has 6 aliphatic heterocycles. The Hall–Kier alpha value is -9.23. The smallest absolute Gasteiger partial charge is 0.408 e. The van der Waals surface area contributed by atoms with Crippen molar-refractivity contribution in [1.82, 2.24) is 20.1 Å². The van der Waals surface area contributed by atoms with Crippen LogP contribution in [0.25, 0.3) is 10.9 Å². The molecule has 4 aromatic carbocycles. The second-order valence-electron chi connectivity index (χ2n) is 36.2. The van der Waals surface area contributed by atoms with Gasteiger partial charge in [-0.1, -0.05) is 107 Å². The first-order valence-electron chi connectivity index (χ1n) is 41.2. The summed E-state index contributed by atoms with van der Waals surface area (Å²) in [7, 11) is 1.49. The minimum Gasteiger partial charge on any atom is -0.496 e. The number of alkyl carbamates (subject to hydrolysis) is 1. The van der Waals surface area contributed by atoms with Gasteiger partial charge in [-0.05, 0) is 138 Å². The number of ether oxygens (including phenoxy) is 9. The number of fused-ring (bicyclic) bond motifs is 11. The summed E-state index contributed by atoms with van der Waals surface area (Å²) in [6, 6.07) is 25.6. The number of aromatic amines is 1. The standard InChI is InChI=1S/C46H58N4O9.C43H53NO14.H2O4S/c1-8-42(54)23-28-24-45(40(52)57-6,36-30(15-19-49(25-28)26-42)29-13-10-11-14-33(29)47-36)32-21-31-34(22-35(32)56-5)48(4)38-44(31)17-20-50-18-12-16-43(9-2,37(44)50)39(59-27(3)51)46(38,55)41(53)58-7;1-22-26(55-37(51)32(48)30(24-15-11-9-12-16-24)44-38(52)58-39(3,4)5)20-43(53)35(56-36(50)25-17-13-10-14-18-25)33-41(8,34(49)31(47)29(22)40(43,6)7)27(46)19-28-42(33,21-54-28)57-23(2)45;1-5(2,3)4/h10-14,16,21-22,28,37-39,47,54-55H,8-9,15,17-20,23-26H2,1-7H3;9-18,26-28,30-33,35,46-48,53H,19-21H2,1-8H3,(H,44,52);(H2,1,2,3,4)/t28-,37-,38+,39+,42-,43+,44+,45-,46-;26-,27-,28+,30-,31+,32?,33-,35-,41+,42-,43+;/m00./s1. The van der Waals surface area contributed by atoms with Gasteiger partial charge in [0.2, 0.25) is 5.60 Å². The molecular formula is C89H113N5O27S. The number of hydrogen-bond donors (Lipinski definition) is 10. The van der Waals surface area contributed by atoms with Gasteiger partial charge in [-0.15, -0.1) is 0 Å². The molecule has 15 rings (SSSR count). The zero-order valence-electron chi connectivity index (χ0n) is 71.3. The van der Waals surface area contributed by atoms with Gasteiger partial charge in [0.1, 0.15) is 46.8 Å². The van der Waals surface area contributed by atoms with Crippen molar-refractivity contribution in [2.24, 2.45) is 28.1 Å². The van der Waals surface area contributed by atoms with Crippen LogP contribution in [0.4, 0.5) is 10.5 Å². The number of aliphatic hydroxyl groups is 6.